The maximum absolute atomic E-state index is 12.0. The first-order chi connectivity index (χ1) is 9.13. The zero-order valence-corrected chi connectivity index (χ0v) is 11.9. The van der Waals surface area contributed by atoms with Crippen molar-refractivity contribution < 1.29 is 4.79 Å². The molecule has 0 spiro atoms. The Kier molecular flexibility index (Phi) is 3.11. The van der Waals surface area contributed by atoms with Gasteiger partial charge in [0.25, 0.3) is 5.91 Å². The average Bonchev–Trinajstić information content (AvgIpc) is 3.15. The standard InChI is InChI=1S/C15H16N2OS/c1-9-10(2)19-15(16-9)12-5-3-4-11(8-12)14(18)17-13-6-7-13/h3-5,8,13H,6-7H2,1-2H3,(H,17,18). The van der Waals surface area contributed by atoms with E-state index in [9.17, 15) is 4.79 Å². The maximum Gasteiger partial charge on any atom is 0.251 e. The summed E-state index contributed by atoms with van der Waals surface area (Å²) in [4.78, 5) is 17.8. The Morgan fingerprint density at radius 1 is 1.37 bits per heavy atom. The molecule has 4 heteroatoms. The summed E-state index contributed by atoms with van der Waals surface area (Å²) >= 11 is 1.67. The van der Waals surface area contributed by atoms with E-state index in [1.165, 1.54) is 4.88 Å². The summed E-state index contributed by atoms with van der Waals surface area (Å²) in [5.74, 6) is 0.0225. The lowest BCUT2D eigenvalue weighted by Gasteiger charge is -2.04. The van der Waals surface area contributed by atoms with Crippen molar-refractivity contribution in [2.45, 2.75) is 32.7 Å². The molecule has 1 aromatic heterocycles. The number of aromatic nitrogens is 1. The van der Waals surface area contributed by atoms with Crippen LogP contribution in [0.1, 0.15) is 33.8 Å². The molecule has 2 aromatic rings. The highest BCUT2D eigenvalue weighted by molar-refractivity contribution is 7.15. The highest BCUT2D eigenvalue weighted by atomic mass is 32.1. The highest BCUT2D eigenvalue weighted by Crippen LogP contribution is 2.28. The molecule has 0 aliphatic heterocycles. The number of thiazole rings is 1. The molecule has 1 aliphatic carbocycles. The number of hydrogen-bond donors (Lipinski definition) is 1. The third kappa shape index (κ3) is 2.68. The van der Waals surface area contributed by atoms with E-state index in [-0.39, 0.29) is 5.91 Å². The van der Waals surface area contributed by atoms with Crippen molar-refractivity contribution in [3.8, 4) is 10.6 Å². The van der Waals surface area contributed by atoms with Gasteiger partial charge in [0.2, 0.25) is 0 Å². The molecule has 1 amide bonds. The molecule has 0 unspecified atom stereocenters. The Morgan fingerprint density at radius 3 is 2.79 bits per heavy atom. The van der Waals surface area contributed by atoms with Crippen LogP contribution in [0.4, 0.5) is 0 Å². The zero-order chi connectivity index (χ0) is 13.4. The molecule has 1 heterocycles. The number of rotatable bonds is 3. The fraction of sp³-hybridized carbons (Fsp3) is 0.333. The van der Waals surface area contributed by atoms with E-state index in [2.05, 4.69) is 17.2 Å². The minimum atomic E-state index is 0.0225. The van der Waals surface area contributed by atoms with Gasteiger partial charge in [0.1, 0.15) is 5.01 Å². The molecule has 19 heavy (non-hydrogen) atoms. The second kappa shape index (κ2) is 4.78. The van der Waals surface area contributed by atoms with Crippen molar-refractivity contribution in [2.75, 3.05) is 0 Å². The van der Waals surface area contributed by atoms with E-state index in [1.54, 1.807) is 11.3 Å². The van der Waals surface area contributed by atoms with Gasteiger partial charge in [0, 0.05) is 22.0 Å². The molecule has 0 radical (unpaired) electrons. The van der Waals surface area contributed by atoms with Gasteiger partial charge in [-0.2, -0.15) is 0 Å². The van der Waals surface area contributed by atoms with Crippen LogP contribution in [0.2, 0.25) is 0 Å². The monoisotopic (exact) mass is 272 g/mol. The predicted molar refractivity (Wildman–Crippen MR) is 77.5 cm³/mol. The molecular weight excluding hydrogens is 256 g/mol. The Morgan fingerprint density at radius 2 is 2.16 bits per heavy atom. The second-order valence-corrected chi connectivity index (χ2v) is 6.19. The smallest absolute Gasteiger partial charge is 0.251 e. The first-order valence-corrected chi connectivity index (χ1v) is 7.30. The lowest BCUT2D eigenvalue weighted by atomic mass is 10.1. The van der Waals surface area contributed by atoms with Crippen LogP contribution < -0.4 is 5.32 Å². The molecular formula is C15H16N2OS. The fourth-order valence-corrected chi connectivity index (χ4v) is 2.80. The predicted octanol–water partition coefficient (Wildman–Crippen LogP) is 3.32. The van der Waals surface area contributed by atoms with Crippen molar-refractivity contribution in [1.29, 1.82) is 0 Å². The molecule has 98 valence electrons. The van der Waals surface area contributed by atoms with Gasteiger partial charge in [-0.1, -0.05) is 12.1 Å². The summed E-state index contributed by atoms with van der Waals surface area (Å²) in [5, 5.41) is 3.99. The van der Waals surface area contributed by atoms with Crippen LogP contribution in [0.3, 0.4) is 0 Å². The summed E-state index contributed by atoms with van der Waals surface area (Å²) in [6.07, 6.45) is 2.21. The first kappa shape index (κ1) is 12.4. The van der Waals surface area contributed by atoms with Gasteiger partial charge in [0.05, 0.1) is 5.69 Å². The third-order valence-electron chi connectivity index (χ3n) is 3.31. The molecule has 0 atom stereocenters. The van der Waals surface area contributed by atoms with E-state index >= 15 is 0 Å². The molecule has 1 saturated carbocycles. The van der Waals surface area contributed by atoms with Crippen LogP contribution >= 0.6 is 11.3 Å². The average molecular weight is 272 g/mol. The van der Waals surface area contributed by atoms with Gasteiger partial charge >= 0.3 is 0 Å². The number of amides is 1. The maximum atomic E-state index is 12.0. The van der Waals surface area contributed by atoms with E-state index in [0.717, 1.165) is 34.7 Å². The molecule has 0 saturated heterocycles. The van der Waals surface area contributed by atoms with Crippen LogP contribution in [0.15, 0.2) is 24.3 Å². The number of aryl methyl sites for hydroxylation is 2. The number of benzene rings is 1. The number of carbonyl (C=O) groups is 1. The molecule has 3 rings (SSSR count). The van der Waals surface area contributed by atoms with Crippen molar-refractivity contribution in [1.82, 2.24) is 10.3 Å². The van der Waals surface area contributed by atoms with Crippen molar-refractivity contribution in [3.05, 3.63) is 40.4 Å². The van der Waals surface area contributed by atoms with Crippen LogP contribution in [0.5, 0.6) is 0 Å². The lowest BCUT2D eigenvalue weighted by Crippen LogP contribution is -2.25. The van der Waals surface area contributed by atoms with Crippen LogP contribution in [-0.2, 0) is 0 Å². The van der Waals surface area contributed by atoms with E-state index in [1.807, 2.05) is 31.2 Å². The Balaban J connectivity index is 1.88. The molecule has 0 bridgehead atoms. The van der Waals surface area contributed by atoms with Gasteiger partial charge in [-0.3, -0.25) is 4.79 Å². The second-order valence-electron chi connectivity index (χ2n) is 4.99. The van der Waals surface area contributed by atoms with E-state index in [0.29, 0.717) is 6.04 Å². The largest absolute Gasteiger partial charge is 0.349 e. The number of carbonyl (C=O) groups excluding carboxylic acids is 1. The van der Waals surface area contributed by atoms with Gasteiger partial charge < -0.3 is 5.32 Å². The zero-order valence-electron chi connectivity index (χ0n) is 11.1. The molecule has 3 nitrogen and oxygen atoms in total. The SMILES string of the molecule is Cc1nc(-c2cccc(C(=O)NC3CC3)c2)sc1C. The van der Waals surface area contributed by atoms with Gasteiger partial charge in [-0.25, -0.2) is 4.98 Å². The third-order valence-corrected chi connectivity index (χ3v) is 4.43. The van der Waals surface area contributed by atoms with E-state index < -0.39 is 0 Å². The minimum absolute atomic E-state index is 0.0225. The first-order valence-electron chi connectivity index (χ1n) is 6.49. The molecule has 1 N–H and O–H groups in total. The molecule has 1 fully saturated rings. The van der Waals surface area contributed by atoms with Gasteiger partial charge in [-0.05, 0) is 38.8 Å². The van der Waals surface area contributed by atoms with Gasteiger partial charge in [-0.15, -0.1) is 11.3 Å². The van der Waals surface area contributed by atoms with Crippen molar-refractivity contribution >= 4 is 17.2 Å². The summed E-state index contributed by atoms with van der Waals surface area (Å²) < 4.78 is 0. The summed E-state index contributed by atoms with van der Waals surface area (Å²) in [7, 11) is 0. The number of nitrogens with one attached hydrogen (secondary N) is 1. The van der Waals surface area contributed by atoms with Crippen molar-refractivity contribution in [3.63, 3.8) is 0 Å². The minimum Gasteiger partial charge on any atom is -0.349 e. The highest BCUT2D eigenvalue weighted by Gasteiger charge is 2.23. The van der Waals surface area contributed by atoms with Crippen molar-refractivity contribution in [2.24, 2.45) is 0 Å². The van der Waals surface area contributed by atoms with Crippen LogP contribution in [0.25, 0.3) is 10.6 Å². The quantitative estimate of drug-likeness (QED) is 0.931. The Hall–Kier alpha value is -1.68. The molecule has 1 aromatic carbocycles. The Bertz CT molecular complexity index is 609. The summed E-state index contributed by atoms with van der Waals surface area (Å²) in [6.45, 7) is 4.08. The number of hydrogen-bond acceptors (Lipinski definition) is 3. The van der Waals surface area contributed by atoms with Crippen LogP contribution in [0, 0.1) is 13.8 Å². The number of nitrogens with zero attached hydrogens (tertiary/aromatic N) is 1. The normalized spacial score (nSPS) is 14.4. The Labute approximate surface area is 116 Å². The lowest BCUT2D eigenvalue weighted by molar-refractivity contribution is 0.0951. The van der Waals surface area contributed by atoms with Crippen LogP contribution in [-0.4, -0.2) is 16.9 Å². The summed E-state index contributed by atoms with van der Waals surface area (Å²) in [5.41, 5.74) is 2.80. The fourth-order valence-electron chi connectivity index (χ4n) is 1.89. The molecule has 1 aliphatic rings. The van der Waals surface area contributed by atoms with E-state index in [4.69, 9.17) is 0 Å². The van der Waals surface area contributed by atoms with Gasteiger partial charge in [0.15, 0.2) is 0 Å². The topological polar surface area (TPSA) is 42.0 Å². The summed E-state index contributed by atoms with van der Waals surface area (Å²) in [6, 6.07) is 8.10.